The molecule has 2 N–H and O–H groups in total. The summed E-state index contributed by atoms with van der Waals surface area (Å²) in [7, 11) is 0. The Hall–Kier alpha value is -2.35. The average Bonchev–Trinajstić information content (AvgIpc) is 2.27. The molecule has 0 saturated heterocycles. The van der Waals surface area contributed by atoms with Crippen molar-refractivity contribution in [3.63, 3.8) is 0 Å². The average molecular weight is 249 g/mol. The molecule has 1 rings (SSSR count). The number of carbonyl (C=O) groups is 2. The number of nitrogens with one attached hydrogen (secondary N) is 1. The fraction of sp³-hybridized carbons (Fsp3) is 0.231. The van der Waals surface area contributed by atoms with Crippen LogP contribution in [0, 0.1) is 17.7 Å². The summed E-state index contributed by atoms with van der Waals surface area (Å²) in [4.78, 5) is 21.4. The van der Waals surface area contributed by atoms with Crippen LogP contribution in [-0.2, 0) is 4.79 Å². The molecule has 0 bridgehead atoms. The fourth-order valence-electron chi connectivity index (χ4n) is 1.30. The second-order valence-electron chi connectivity index (χ2n) is 3.50. The van der Waals surface area contributed by atoms with Crippen LogP contribution < -0.4 is 5.32 Å². The minimum absolute atomic E-state index is 0.130. The SMILES string of the molecule is CC(=O)NCCC#Cc1cccc(F)c1C(=O)O. The third kappa shape index (κ3) is 3.91. The first kappa shape index (κ1) is 13.7. The molecule has 0 radical (unpaired) electrons. The summed E-state index contributed by atoms with van der Waals surface area (Å²) in [6, 6.07) is 3.92. The number of benzene rings is 1. The van der Waals surface area contributed by atoms with Gasteiger partial charge in [-0.25, -0.2) is 9.18 Å². The van der Waals surface area contributed by atoms with Crippen LogP contribution in [-0.4, -0.2) is 23.5 Å². The number of carbonyl (C=O) groups excluding carboxylic acids is 1. The summed E-state index contributed by atoms with van der Waals surface area (Å²) in [6.45, 7) is 1.77. The number of halogens is 1. The summed E-state index contributed by atoms with van der Waals surface area (Å²) >= 11 is 0. The topological polar surface area (TPSA) is 66.4 Å². The van der Waals surface area contributed by atoms with Gasteiger partial charge in [0.15, 0.2) is 0 Å². The maximum absolute atomic E-state index is 13.3. The van der Waals surface area contributed by atoms with Crippen LogP contribution in [0.2, 0.25) is 0 Å². The Morgan fingerprint density at radius 3 is 2.78 bits per heavy atom. The Labute approximate surface area is 104 Å². The summed E-state index contributed by atoms with van der Waals surface area (Å²) in [5.41, 5.74) is -0.296. The Bertz CT molecular complexity index is 529. The van der Waals surface area contributed by atoms with Gasteiger partial charge in [0.2, 0.25) is 5.91 Å². The minimum atomic E-state index is -1.35. The molecule has 0 aromatic heterocycles. The van der Waals surface area contributed by atoms with Crippen molar-refractivity contribution in [2.45, 2.75) is 13.3 Å². The highest BCUT2D eigenvalue weighted by atomic mass is 19.1. The van der Waals surface area contributed by atoms with Crippen LogP contribution in [0.15, 0.2) is 18.2 Å². The fourth-order valence-corrected chi connectivity index (χ4v) is 1.30. The van der Waals surface area contributed by atoms with Crippen molar-refractivity contribution in [2.24, 2.45) is 0 Å². The van der Waals surface area contributed by atoms with E-state index in [4.69, 9.17) is 5.11 Å². The predicted octanol–water partition coefficient (Wildman–Crippen LogP) is 1.40. The third-order valence-corrected chi connectivity index (χ3v) is 2.07. The molecule has 0 aliphatic heterocycles. The molecule has 0 atom stereocenters. The first-order chi connectivity index (χ1) is 8.52. The van der Waals surface area contributed by atoms with E-state index in [1.807, 2.05) is 0 Å². The molecule has 1 aromatic carbocycles. The predicted molar refractivity (Wildman–Crippen MR) is 63.5 cm³/mol. The number of carboxylic acid groups (broad SMARTS) is 1. The highest BCUT2D eigenvalue weighted by Gasteiger charge is 2.13. The first-order valence-electron chi connectivity index (χ1n) is 5.27. The monoisotopic (exact) mass is 249 g/mol. The molecule has 18 heavy (non-hydrogen) atoms. The van der Waals surface area contributed by atoms with Crippen LogP contribution in [0.1, 0.15) is 29.3 Å². The molecular weight excluding hydrogens is 237 g/mol. The maximum Gasteiger partial charge on any atom is 0.339 e. The van der Waals surface area contributed by atoms with Crippen LogP contribution in [0.3, 0.4) is 0 Å². The van der Waals surface area contributed by atoms with Crippen LogP contribution in [0.5, 0.6) is 0 Å². The van der Waals surface area contributed by atoms with Crippen molar-refractivity contribution in [2.75, 3.05) is 6.54 Å². The lowest BCUT2D eigenvalue weighted by molar-refractivity contribution is -0.118. The van der Waals surface area contributed by atoms with Crippen molar-refractivity contribution in [1.29, 1.82) is 0 Å². The molecule has 0 heterocycles. The Kier molecular flexibility index (Phi) is 4.88. The maximum atomic E-state index is 13.3. The largest absolute Gasteiger partial charge is 0.478 e. The quantitative estimate of drug-likeness (QED) is 0.628. The van der Waals surface area contributed by atoms with Gasteiger partial charge < -0.3 is 10.4 Å². The highest BCUT2D eigenvalue weighted by Crippen LogP contribution is 2.12. The summed E-state index contributed by atoms with van der Waals surface area (Å²) in [5, 5.41) is 11.4. The Morgan fingerprint density at radius 1 is 1.44 bits per heavy atom. The van der Waals surface area contributed by atoms with Gasteiger partial charge in [-0.2, -0.15) is 0 Å². The van der Waals surface area contributed by atoms with Gasteiger partial charge in [-0.3, -0.25) is 4.79 Å². The number of hydrogen-bond acceptors (Lipinski definition) is 2. The minimum Gasteiger partial charge on any atom is -0.478 e. The van der Waals surface area contributed by atoms with Gasteiger partial charge in [-0.15, -0.1) is 0 Å². The van der Waals surface area contributed by atoms with Crippen molar-refractivity contribution in [3.8, 4) is 11.8 Å². The molecule has 1 amide bonds. The van der Waals surface area contributed by atoms with Gasteiger partial charge in [0.25, 0.3) is 0 Å². The third-order valence-electron chi connectivity index (χ3n) is 2.07. The van der Waals surface area contributed by atoms with Gasteiger partial charge >= 0.3 is 5.97 Å². The van der Waals surface area contributed by atoms with Crippen molar-refractivity contribution in [3.05, 3.63) is 35.1 Å². The van der Waals surface area contributed by atoms with E-state index in [-0.39, 0.29) is 11.5 Å². The molecule has 94 valence electrons. The lowest BCUT2D eigenvalue weighted by atomic mass is 10.1. The van der Waals surface area contributed by atoms with Gasteiger partial charge in [0.1, 0.15) is 11.4 Å². The zero-order valence-corrected chi connectivity index (χ0v) is 9.79. The van der Waals surface area contributed by atoms with Crippen molar-refractivity contribution < 1.29 is 19.1 Å². The second kappa shape index (κ2) is 6.40. The van der Waals surface area contributed by atoms with Crippen molar-refractivity contribution in [1.82, 2.24) is 5.32 Å². The lowest BCUT2D eigenvalue weighted by Gasteiger charge is -2.00. The van der Waals surface area contributed by atoms with E-state index in [9.17, 15) is 14.0 Å². The van der Waals surface area contributed by atoms with E-state index in [2.05, 4.69) is 17.2 Å². The van der Waals surface area contributed by atoms with Gasteiger partial charge in [-0.1, -0.05) is 17.9 Å². The smallest absolute Gasteiger partial charge is 0.339 e. The van der Waals surface area contributed by atoms with E-state index in [0.29, 0.717) is 13.0 Å². The summed E-state index contributed by atoms with van der Waals surface area (Å²) in [5.74, 6) is 2.96. The highest BCUT2D eigenvalue weighted by molar-refractivity contribution is 5.91. The number of amides is 1. The zero-order valence-electron chi connectivity index (χ0n) is 9.79. The molecule has 0 unspecified atom stereocenters. The van der Waals surface area contributed by atoms with Gasteiger partial charge in [0.05, 0.1) is 0 Å². The van der Waals surface area contributed by atoms with E-state index >= 15 is 0 Å². The molecule has 0 fully saturated rings. The van der Waals surface area contributed by atoms with Crippen molar-refractivity contribution >= 4 is 11.9 Å². The Morgan fingerprint density at radius 2 is 2.17 bits per heavy atom. The summed E-state index contributed by atoms with van der Waals surface area (Å²) < 4.78 is 13.3. The number of aromatic carboxylic acids is 1. The molecule has 1 aromatic rings. The molecule has 0 spiro atoms. The van der Waals surface area contributed by atoms with Gasteiger partial charge in [0, 0.05) is 25.5 Å². The molecule has 0 aliphatic carbocycles. The summed E-state index contributed by atoms with van der Waals surface area (Å²) in [6.07, 6.45) is 0.370. The number of hydrogen-bond donors (Lipinski definition) is 2. The first-order valence-corrected chi connectivity index (χ1v) is 5.27. The molecule has 0 aliphatic rings. The second-order valence-corrected chi connectivity index (χ2v) is 3.50. The molecule has 5 heteroatoms. The Balaban J connectivity index is 2.79. The molecular formula is C13H12FNO3. The van der Waals surface area contributed by atoms with E-state index < -0.39 is 17.3 Å². The normalized spacial score (nSPS) is 9.22. The van der Waals surface area contributed by atoms with Gasteiger partial charge in [-0.05, 0) is 12.1 Å². The van der Waals surface area contributed by atoms with Crippen LogP contribution >= 0.6 is 0 Å². The van der Waals surface area contributed by atoms with E-state index in [1.54, 1.807) is 0 Å². The van der Waals surface area contributed by atoms with Crippen LogP contribution in [0.4, 0.5) is 4.39 Å². The standard InChI is InChI=1S/C13H12FNO3/c1-9(16)15-8-3-2-5-10-6-4-7-11(14)12(10)13(17)18/h4,6-7H,3,8H2,1H3,(H,15,16)(H,17,18). The number of carboxylic acids is 1. The van der Waals surface area contributed by atoms with Crippen LogP contribution in [0.25, 0.3) is 0 Å². The lowest BCUT2D eigenvalue weighted by Crippen LogP contribution is -2.20. The zero-order chi connectivity index (χ0) is 13.5. The number of rotatable bonds is 3. The molecule has 4 nitrogen and oxygen atoms in total. The van der Waals surface area contributed by atoms with E-state index in [0.717, 1.165) is 6.07 Å². The van der Waals surface area contributed by atoms with E-state index in [1.165, 1.54) is 19.1 Å². The molecule has 0 saturated carbocycles.